The van der Waals surface area contributed by atoms with Gasteiger partial charge in [-0.15, -0.1) is 11.3 Å². The molecule has 0 amide bonds. The number of hydrogen-bond acceptors (Lipinski definition) is 3. The molecule has 0 aliphatic heterocycles. The molecule has 0 aromatic carbocycles. The van der Waals surface area contributed by atoms with Crippen LogP contribution in [0.2, 0.25) is 0 Å². The Morgan fingerprint density at radius 1 is 1.80 bits per heavy atom. The van der Waals surface area contributed by atoms with E-state index in [1.54, 1.807) is 0 Å². The zero-order chi connectivity index (χ0) is 7.56. The summed E-state index contributed by atoms with van der Waals surface area (Å²) >= 11 is 10.7. The van der Waals surface area contributed by atoms with Gasteiger partial charge in [-0.3, -0.25) is 4.79 Å². The summed E-state index contributed by atoms with van der Waals surface area (Å²) in [7, 11) is 0. The molecule has 0 saturated heterocycles. The Kier molecular flexibility index (Phi) is 2.77. The number of hydrogen-bond donors (Lipinski definition) is 1. The molecule has 1 aromatic rings. The van der Waals surface area contributed by atoms with Gasteiger partial charge in [0.2, 0.25) is 5.24 Å². The maximum atomic E-state index is 10.5. The van der Waals surface area contributed by atoms with Crippen LogP contribution in [-0.2, 0) is 4.79 Å². The predicted octanol–water partition coefficient (Wildman–Crippen LogP) is 2.48. The van der Waals surface area contributed by atoms with Crippen molar-refractivity contribution in [1.82, 2.24) is 0 Å². The number of thiophene rings is 1. The molecule has 0 saturated carbocycles. The zero-order valence-corrected chi connectivity index (χ0v) is 7.42. The second kappa shape index (κ2) is 3.42. The van der Waals surface area contributed by atoms with Crippen molar-refractivity contribution in [3.63, 3.8) is 0 Å². The largest absolute Gasteiger partial charge is 0.280 e. The number of rotatable bonds is 2. The summed E-state index contributed by atoms with van der Waals surface area (Å²) in [6, 6.07) is 3.70. The molecule has 1 heterocycles. The predicted molar refractivity (Wildman–Crippen MR) is 46.9 cm³/mol. The number of halogens is 1. The molecule has 0 aliphatic rings. The average molecular weight is 193 g/mol. The smallest absolute Gasteiger partial charge is 0.239 e. The van der Waals surface area contributed by atoms with Gasteiger partial charge in [0.15, 0.2) is 0 Å². The van der Waals surface area contributed by atoms with Gasteiger partial charge in [-0.25, -0.2) is 0 Å². The monoisotopic (exact) mass is 192 g/mol. The Morgan fingerprint density at radius 3 is 2.90 bits per heavy atom. The van der Waals surface area contributed by atoms with E-state index in [1.165, 1.54) is 11.3 Å². The maximum absolute atomic E-state index is 10.5. The first-order chi connectivity index (χ1) is 4.72. The Labute approximate surface area is 73.4 Å². The third kappa shape index (κ3) is 1.75. The van der Waals surface area contributed by atoms with Gasteiger partial charge in [-0.2, -0.15) is 12.6 Å². The molecule has 4 heteroatoms. The fraction of sp³-hybridized carbons (Fsp3) is 0.167. The normalized spacial score (nSPS) is 13.0. The van der Waals surface area contributed by atoms with E-state index in [1.807, 2.05) is 17.5 Å². The van der Waals surface area contributed by atoms with Crippen LogP contribution in [0.25, 0.3) is 0 Å². The van der Waals surface area contributed by atoms with Crippen LogP contribution in [-0.4, -0.2) is 5.24 Å². The second-order valence-electron chi connectivity index (χ2n) is 1.72. The van der Waals surface area contributed by atoms with Crippen LogP contribution in [0.15, 0.2) is 17.5 Å². The molecule has 1 unspecified atom stereocenters. The molecule has 0 bridgehead atoms. The number of carbonyl (C=O) groups excluding carboxylic acids is 1. The topological polar surface area (TPSA) is 17.1 Å². The molecule has 10 heavy (non-hydrogen) atoms. The number of carbonyl (C=O) groups is 1. The van der Waals surface area contributed by atoms with Crippen LogP contribution in [0.1, 0.15) is 10.1 Å². The van der Waals surface area contributed by atoms with Gasteiger partial charge in [0.1, 0.15) is 5.25 Å². The molecule has 0 N–H and O–H groups in total. The molecule has 0 fully saturated rings. The van der Waals surface area contributed by atoms with Gasteiger partial charge < -0.3 is 0 Å². The third-order valence-electron chi connectivity index (χ3n) is 1.03. The minimum absolute atomic E-state index is 0.425. The first-order valence-electron chi connectivity index (χ1n) is 2.62. The fourth-order valence-electron chi connectivity index (χ4n) is 0.559. The van der Waals surface area contributed by atoms with Gasteiger partial charge in [0, 0.05) is 4.88 Å². The summed E-state index contributed by atoms with van der Waals surface area (Å²) in [6.45, 7) is 0. The van der Waals surface area contributed by atoms with E-state index >= 15 is 0 Å². The Morgan fingerprint density at radius 2 is 2.50 bits per heavy atom. The lowest BCUT2D eigenvalue weighted by Crippen LogP contribution is -1.95. The minimum Gasteiger partial charge on any atom is -0.280 e. The lowest BCUT2D eigenvalue weighted by molar-refractivity contribution is -0.111. The second-order valence-corrected chi connectivity index (χ2v) is 3.59. The molecule has 1 nitrogen and oxygen atoms in total. The fourth-order valence-corrected chi connectivity index (χ4v) is 1.72. The van der Waals surface area contributed by atoms with Crippen LogP contribution < -0.4 is 0 Å². The Bertz CT molecular complexity index is 220. The van der Waals surface area contributed by atoms with Gasteiger partial charge in [0.05, 0.1) is 0 Å². The van der Waals surface area contributed by atoms with E-state index in [0.717, 1.165) is 4.88 Å². The third-order valence-corrected chi connectivity index (χ3v) is 3.02. The highest BCUT2D eigenvalue weighted by Crippen LogP contribution is 2.26. The van der Waals surface area contributed by atoms with Crippen molar-refractivity contribution in [2.24, 2.45) is 0 Å². The lowest BCUT2D eigenvalue weighted by atomic mass is 10.4. The summed E-state index contributed by atoms with van der Waals surface area (Å²) in [5.74, 6) is 0. The van der Waals surface area contributed by atoms with E-state index in [9.17, 15) is 4.79 Å². The molecule has 0 spiro atoms. The van der Waals surface area contributed by atoms with E-state index in [0.29, 0.717) is 0 Å². The van der Waals surface area contributed by atoms with E-state index < -0.39 is 10.5 Å². The molecular formula is C6H5ClOS2. The van der Waals surface area contributed by atoms with Crippen LogP contribution in [0, 0.1) is 0 Å². The molecular weight excluding hydrogens is 188 g/mol. The Hall–Kier alpha value is 0.01000. The van der Waals surface area contributed by atoms with Crippen LogP contribution in [0.4, 0.5) is 0 Å². The molecule has 54 valence electrons. The van der Waals surface area contributed by atoms with Gasteiger partial charge >= 0.3 is 0 Å². The van der Waals surface area contributed by atoms with Crippen molar-refractivity contribution in [1.29, 1.82) is 0 Å². The van der Waals surface area contributed by atoms with Crippen LogP contribution >= 0.6 is 35.6 Å². The SMILES string of the molecule is O=C(Cl)C(S)c1cccs1. The summed E-state index contributed by atoms with van der Waals surface area (Å²) < 4.78 is 0. The summed E-state index contributed by atoms with van der Waals surface area (Å²) in [4.78, 5) is 11.4. The lowest BCUT2D eigenvalue weighted by Gasteiger charge is -1.98. The quantitative estimate of drug-likeness (QED) is 0.563. The molecule has 1 aromatic heterocycles. The van der Waals surface area contributed by atoms with E-state index in [2.05, 4.69) is 12.6 Å². The van der Waals surface area contributed by atoms with Gasteiger partial charge in [-0.05, 0) is 23.0 Å². The Balaban J connectivity index is 2.77. The van der Waals surface area contributed by atoms with Crippen molar-refractivity contribution in [2.75, 3.05) is 0 Å². The van der Waals surface area contributed by atoms with E-state index in [4.69, 9.17) is 11.6 Å². The van der Waals surface area contributed by atoms with Crippen LogP contribution in [0.3, 0.4) is 0 Å². The minimum atomic E-state index is -0.457. The van der Waals surface area contributed by atoms with Crippen molar-refractivity contribution in [3.05, 3.63) is 22.4 Å². The first-order valence-corrected chi connectivity index (χ1v) is 4.40. The molecule has 1 atom stereocenters. The highest BCUT2D eigenvalue weighted by Gasteiger charge is 2.13. The van der Waals surface area contributed by atoms with Crippen LogP contribution in [0.5, 0.6) is 0 Å². The summed E-state index contributed by atoms with van der Waals surface area (Å²) in [5, 5.41) is 1.01. The standard InChI is InChI=1S/C6H5ClOS2/c7-6(8)5(9)4-2-1-3-10-4/h1-3,5,9H. The summed E-state index contributed by atoms with van der Waals surface area (Å²) in [5.41, 5.74) is 0. The average Bonchev–Trinajstić information content (AvgIpc) is 2.36. The van der Waals surface area contributed by atoms with E-state index in [-0.39, 0.29) is 0 Å². The first kappa shape index (κ1) is 8.11. The molecule has 1 rings (SSSR count). The van der Waals surface area contributed by atoms with Gasteiger partial charge in [0.25, 0.3) is 0 Å². The van der Waals surface area contributed by atoms with Gasteiger partial charge in [-0.1, -0.05) is 6.07 Å². The molecule has 0 aliphatic carbocycles. The highest BCUT2D eigenvalue weighted by atomic mass is 35.5. The van der Waals surface area contributed by atoms with Crippen molar-refractivity contribution in [2.45, 2.75) is 5.25 Å². The van der Waals surface area contributed by atoms with Crippen molar-refractivity contribution >= 4 is 40.8 Å². The zero-order valence-electron chi connectivity index (χ0n) is 4.95. The number of thiol groups is 1. The maximum Gasteiger partial charge on any atom is 0.239 e. The highest BCUT2D eigenvalue weighted by molar-refractivity contribution is 7.81. The molecule has 0 radical (unpaired) electrons. The van der Waals surface area contributed by atoms with Crippen molar-refractivity contribution < 1.29 is 4.79 Å². The summed E-state index contributed by atoms with van der Waals surface area (Å²) in [6.07, 6.45) is 0. The van der Waals surface area contributed by atoms with Crippen molar-refractivity contribution in [3.8, 4) is 0 Å².